The molecule has 1 aromatic rings. The maximum absolute atomic E-state index is 11.9. The predicted molar refractivity (Wildman–Crippen MR) is 61.5 cm³/mol. The summed E-state index contributed by atoms with van der Waals surface area (Å²) >= 11 is 4.42. The molecule has 0 unspecified atom stereocenters. The van der Waals surface area contributed by atoms with Gasteiger partial charge in [-0.3, -0.25) is 4.79 Å². The number of aromatic nitrogens is 2. The van der Waals surface area contributed by atoms with Crippen LogP contribution in [0, 0.1) is 0 Å². The summed E-state index contributed by atoms with van der Waals surface area (Å²) in [5, 5.41) is 4.39. The fourth-order valence-electron chi connectivity index (χ4n) is 1.04. The van der Waals surface area contributed by atoms with Crippen LogP contribution in [0.5, 0.6) is 0 Å². The lowest BCUT2D eigenvalue weighted by Crippen LogP contribution is -2.35. The summed E-state index contributed by atoms with van der Waals surface area (Å²) in [4.78, 5) is 14.2. The number of rotatable bonds is 6. The lowest BCUT2D eigenvalue weighted by molar-refractivity contribution is 0.0713. The molecule has 5 nitrogen and oxygen atoms in total. The molecular weight excluding hydrogens is 282 g/mol. The summed E-state index contributed by atoms with van der Waals surface area (Å²) in [7, 11) is 1.62. The van der Waals surface area contributed by atoms with Crippen molar-refractivity contribution in [3.8, 4) is 0 Å². The van der Waals surface area contributed by atoms with E-state index >= 15 is 0 Å². The molecular formula is C8H12BrN3O2S. The van der Waals surface area contributed by atoms with Gasteiger partial charge >= 0.3 is 0 Å². The van der Waals surface area contributed by atoms with Crippen molar-refractivity contribution >= 4 is 33.4 Å². The van der Waals surface area contributed by atoms with Crippen LogP contribution in [0.3, 0.4) is 0 Å². The number of halogens is 1. The maximum atomic E-state index is 11.9. The Bertz CT molecular complexity index is 294. The van der Waals surface area contributed by atoms with Crippen molar-refractivity contribution in [2.24, 2.45) is 0 Å². The smallest absolute Gasteiger partial charge is 0.267 e. The minimum absolute atomic E-state index is 0.0403. The van der Waals surface area contributed by atoms with E-state index in [1.54, 1.807) is 12.0 Å². The van der Waals surface area contributed by atoms with Crippen LogP contribution in [-0.4, -0.2) is 52.5 Å². The van der Waals surface area contributed by atoms with Crippen LogP contribution in [0.15, 0.2) is 6.20 Å². The van der Waals surface area contributed by atoms with Crippen molar-refractivity contribution in [2.45, 2.75) is 0 Å². The second-order valence-electron chi connectivity index (χ2n) is 2.76. The van der Waals surface area contributed by atoms with E-state index in [0.29, 0.717) is 24.6 Å². The Labute approximate surface area is 101 Å². The van der Waals surface area contributed by atoms with Gasteiger partial charge in [-0.05, 0) is 11.5 Å². The molecule has 0 bridgehead atoms. The number of methoxy groups -OCH3 is 1. The Morgan fingerprint density at radius 2 is 2.47 bits per heavy atom. The van der Waals surface area contributed by atoms with E-state index in [-0.39, 0.29) is 5.91 Å². The fraction of sp³-hybridized carbons (Fsp3) is 0.625. The van der Waals surface area contributed by atoms with Crippen LogP contribution in [0.2, 0.25) is 0 Å². The quantitative estimate of drug-likeness (QED) is 0.735. The molecule has 1 aromatic heterocycles. The number of amides is 1. The zero-order chi connectivity index (χ0) is 11.1. The van der Waals surface area contributed by atoms with Gasteiger partial charge < -0.3 is 9.64 Å². The van der Waals surface area contributed by atoms with Gasteiger partial charge in [-0.15, -0.1) is 5.10 Å². The van der Waals surface area contributed by atoms with Gasteiger partial charge in [0.25, 0.3) is 5.91 Å². The topological polar surface area (TPSA) is 55.3 Å². The molecule has 0 radical (unpaired) electrons. The van der Waals surface area contributed by atoms with E-state index in [1.807, 2.05) is 0 Å². The first-order chi connectivity index (χ1) is 7.29. The second-order valence-corrected chi connectivity index (χ2v) is 4.33. The van der Waals surface area contributed by atoms with E-state index in [4.69, 9.17) is 4.74 Å². The molecule has 0 aromatic carbocycles. The summed E-state index contributed by atoms with van der Waals surface area (Å²) in [5.41, 5.74) is 0. The van der Waals surface area contributed by atoms with Crippen molar-refractivity contribution in [2.75, 3.05) is 32.1 Å². The van der Waals surface area contributed by atoms with Crippen molar-refractivity contribution in [1.82, 2.24) is 14.5 Å². The van der Waals surface area contributed by atoms with Crippen LogP contribution in [0.25, 0.3) is 0 Å². The van der Waals surface area contributed by atoms with Crippen LogP contribution >= 0.6 is 27.5 Å². The van der Waals surface area contributed by atoms with Gasteiger partial charge in [0.1, 0.15) is 4.88 Å². The lowest BCUT2D eigenvalue weighted by atomic mass is 10.4. The lowest BCUT2D eigenvalue weighted by Gasteiger charge is -2.19. The van der Waals surface area contributed by atoms with Gasteiger partial charge in [0.2, 0.25) is 0 Å². The minimum Gasteiger partial charge on any atom is -0.383 e. The number of hydrogen-bond donors (Lipinski definition) is 0. The first kappa shape index (κ1) is 12.5. The Hall–Kier alpha value is -0.530. The average Bonchev–Trinajstić information content (AvgIpc) is 2.76. The SMILES string of the molecule is COCCN(CCBr)C(=O)c1cnns1. The molecule has 0 fully saturated rings. The van der Waals surface area contributed by atoms with Gasteiger partial charge in [0.05, 0.1) is 12.8 Å². The van der Waals surface area contributed by atoms with Gasteiger partial charge in [0.15, 0.2) is 0 Å². The Balaban J connectivity index is 2.58. The van der Waals surface area contributed by atoms with Gasteiger partial charge in [-0.1, -0.05) is 20.4 Å². The molecule has 1 rings (SSSR count). The Morgan fingerprint density at radius 3 is 3.00 bits per heavy atom. The van der Waals surface area contributed by atoms with Crippen LogP contribution in [0.1, 0.15) is 9.67 Å². The maximum Gasteiger partial charge on any atom is 0.267 e. The summed E-state index contributed by atoms with van der Waals surface area (Å²) < 4.78 is 8.62. The third-order valence-corrected chi connectivity index (χ3v) is 2.79. The summed E-state index contributed by atoms with van der Waals surface area (Å²) in [6.07, 6.45) is 1.49. The van der Waals surface area contributed by atoms with Gasteiger partial charge in [-0.2, -0.15) is 0 Å². The highest BCUT2D eigenvalue weighted by molar-refractivity contribution is 9.09. The standard InChI is InChI=1S/C8H12BrN3O2S/c1-14-5-4-12(3-2-9)8(13)7-6-10-11-15-7/h6H,2-5H2,1H3. The molecule has 84 valence electrons. The molecule has 0 N–H and O–H groups in total. The zero-order valence-corrected chi connectivity index (χ0v) is 10.8. The van der Waals surface area contributed by atoms with Crippen LogP contribution in [-0.2, 0) is 4.74 Å². The van der Waals surface area contributed by atoms with Crippen molar-refractivity contribution in [3.05, 3.63) is 11.1 Å². The van der Waals surface area contributed by atoms with Gasteiger partial charge in [-0.25, -0.2) is 0 Å². The molecule has 15 heavy (non-hydrogen) atoms. The third kappa shape index (κ3) is 3.84. The molecule has 0 saturated carbocycles. The number of alkyl halides is 1. The van der Waals surface area contributed by atoms with Crippen molar-refractivity contribution in [3.63, 3.8) is 0 Å². The molecule has 0 saturated heterocycles. The largest absolute Gasteiger partial charge is 0.383 e. The minimum atomic E-state index is -0.0403. The summed E-state index contributed by atoms with van der Waals surface area (Å²) in [5.74, 6) is -0.0403. The number of hydrogen-bond acceptors (Lipinski definition) is 5. The first-order valence-corrected chi connectivity index (χ1v) is 6.30. The summed E-state index contributed by atoms with van der Waals surface area (Å²) in [6.45, 7) is 1.77. The number of carbonyl (C=O) groups is 1. The Kier molecular flexibility index (Phi) is 5.74. The van der Waals surface area contributed by atoms with E-state index in [2.05, 4.69) is 25.5 Å². The number of carbonyl (C=O) groups excluding carboxylic acids is 1. The Morgan fingerprint density at radius 1 is 1.67 bits per heavy atom. The highest BCUT2D eigenvalue weighted by Crippen LogP contribution is 2.07. The molecule has 0 aliphatic heterocycles. The van der Waals surface area contributed by atoms with Crippen molar-refractivity contribution < 1.29 is 9.53 Å². The number of ether oxygens (including phenoxy) is 1. The van der Waals surface area contributed by atoms with Crippen LogP contribution < -0.4 is 0 Å². The van der Waals surface area contributed by atoms with E-state index < -0.39 is 0 Å². The highest BCUT2D eigenvalue weighted by Gasteiger charge is 2.16. The third-order valence-electron chi connectivity index (χ3n) is 1.78. The molecule has 1 amide bonds. The average molecular weight is 294 g/mol. The first-order valence-electron chi connectivity index (χ1n) is 4.41. The van der Waals surface area contributed by atoms with Gasteiger partial charge in [0, 0.05) is 25.5 Å². The molecule has 7 heteroatoms. The second kappa shape index (κ2) is 6.86. The predicted octanol–water partition coefficient (Wildman–Crippen LogP) is 1.02. The van der Waals surface area contributed by atoms with E-state index in [1.165, 1.54) is 6.20 Å². The zero-order valence-electron chi connectivity index (χ0n) is 8.35. The van der Waals surface area contributed by atoms with Crippen molar-refractivity contribution in [1.29, 1.82) is 0 Å². The molecule has 0 aliphatic rings. The molecule has 0 spiro atoms. The number of nitrogens with zero attached hydrogens (tertiary/aromatic N) is 3. The summed E-state index contributed by atoms with van der Waals surface area (Å²) in [6, 6.07) is 0. The van der Waals surface area contributed by atoms with Crippen LogP contribution in [0.4, 0.5) is 0 Å². The van der Waals surface area contributed by atoms with E-state index in [0.717, 1.165) is 16.9 Å². The molecule has 1 heterocycles. The van der Waals surface area contributed by atoms with E-state index in [9.17, 15) is 4.79 Å². The fourth-order valence-corrected chi connectivity index (χ4v) is 1.95. The monoisotopic (exact) mass is 293 g/mol. The normalized spacial score (nSPS) is 10.3. The molecule has 0 atom stereocenters. The highest BCUT2D eigenvalue weighted by atomic mass is 79.9. The molecule has 0 aliphatic carbocycles.